The number of halogens is 1. The van der Waals surface area contributed by atoms with E-state index in [0.29, 0.717) is 30.6 Å². The number of ether oxygens (including phenoxy) is 1. The molecule has 27 heavy (non-hydrogen) atoms. The van der Waals surface area contributed by atoms with Gasteiger partial charge in [0.1, 0.15) is 0 Å². The Morgan fingerprint density at radius 1 is 1.33 bits per heavy atom. The summed E-state index contributed by atoms with van der Waals surface area (Å²) in [7, 11) is 1.33. The summed E-state index contributed by atoms with van der Waals surface area (Å²) >= 11 is 6.26. The van der Waals surface area contributed by atoms with E-state index in [2.05, 4.69) is 34.8 Å². The van der Waals surface area contributed by atoms with Gasteiger partial charge in [-0.2, -0.15) is 0 Å². The lowest BCUT2D eigenvalue weighted by Crippen LogP contribution is -2.59. The van der Waals surface area contributed by atoms with Crippen molar-refractivity contribution >= 4 is 23.6 Å². The number of nitrogens with zero attached hydrogens (tertiary/aromatic N) is 1. The Bertz CT molecular complexity index is 791. The molecule has 0 spiro atoms. The summed E-state index contributed by atoms with van der Waals surface area (Å²) < 4.78 is 4.67. The lowest BCUT2D eigenvalue weighted by molar-refractivity contribution is -0.139. The van der Waals surface area contributed by atoms with E-state index in [9.17, 15) is 9.59 Å². The van der Waals surface area contributed by atoms with Crippen molar-refractivity contribution < 1.29 is 14.3 Å². The van der Waals surface area contributed by atoms with Crippen LogP contribution in [0.5, 0.6) is 0 Å². The van der Waals surface area contributed by atoms with Crippen molar-refractivity contribution in [2.45, 2.75) is 31.2 Å². The number of nitrogens with one attached hydrogen (secondary N) is 1. The average Bonchev–Trinajstić information content (AvgIpc) is 3.12. The first-order valence-corrected chi connectivity index (χ1v) is 9.80. The van der Waals surface area contributed by atoms with Crippen LogP contribution in [0.2, 0.25) is 5.02 Å². The number of benzene rings is 1. The third-order valence-corrected chi connectivity index (χ3v) is 6.99. The summed E-state index contributed by atoms with van der Waals surface area (Å²) in [5, 5.41) is 3.62. The quantitative estimate of drug-likeness (QED) is 0.803. The summed E-state index contributed by atoms with van der Waals surface area (Å²) in [4.78, 5) is 26.3. The molecule has 2 aliphatic carbocycles. The van der Waals surface area contributed by atoms with E-state index >= 15 is 0 Å². The van der Waals surface area contributed by atoms with Crippen molar-refractivity contribution in [3.63, 3.8) is 0 Å². The van der Waals surface area contributed by atoms with Gasteiger partial charge in [0, 0.05) is 24.0 Å². The Morgan fingerprint density at radius 2 is 2.00 bits per heavy atom. The van der Waals surface area contributed by atoms with Gasteiger partial charge < -0.3 is 15.0 Å². The second-order valence-corrected chi connectivity index (χ2v) is 8.59. The molecule has 3 atom stereocenters. The zero-order valence-corrected chi connectivity index (χ0v) is 16.5. The largest absolute Gasteiger partial charge is 0.453 e. The topological polar surface area (TPSA) is 58.6 Å². The number of alkyl carbamates (subject to hydrolysis) is 1. The van der Waals surface area contributed by atoms with Crippen LogP contribution < -0.4 is 5.32 Å². The molecule has 6 heteroatoms. The SMILES string of the molecule is C=C[C@]1(NC(=O)OC)C[C@@H](C(=O)N2C[C@@H]3[C@H](C2)[C@H]3c2ccc(C)c(Cl)c2)C1. The number of fused-ring (bicyclic) bond motifs is 1. The van der Waals surface area contributed by atoms with Crippen LogP contribution in [0.15, 0.2) is 30.9 Å². The van der Waals surface area contributed by atoms with E-state index in [1.165, 1.54) is 12.7 Å². The van der Waals surface area contributed by atoms with Crippen LogP contribution in [-0.2, 0) is 9.53 Å². The van der Waals surface area contributed by atoms with Crippen LogP contribution in [0.4, 0.5) is 4.79 Å². The van der Waals surface area contributed by atoms with E-state index < -0.39 is 11.6 Å². The molecule has 1 aromatic carbocycles. The van der Waals surface area contributed by atoms with E-state index in [-0.39, 0.29) is 11.8 Å². The third-order valence-electron chi connectivity index (χ3n) is 6.58. The summed E-state index contributed by atoms with van der Waals surface area (Å²) in [5.41, 5.74) is 1.88. The highest BCUT2D eigenvalue weighted by molar-refractivity contribution is 6.31. The Labute approximate surface area is 164 Å². The number of methoxy groups -OCH3 is 1. The number of carbonyl (C=O) groups is 2. The highest BCUT2D eigenvalue weighted by atomic mass is 35.5. The van der Waals surface area contributed by atoms with Crippen molar-refractivity contribution in [1.29, 1.82) is 0 Å². The first kappa shape index (κ1) is 18.4. The molecule has 5 nitrogen and oxygen atoms in total. The van der Waals surface area contributed by atoms with Gasteiger partial charge in [-0.15, -0.1) is 6.58 Å². The summed E-state index contributed by atoms with van der Waals surface area (Å²) in [6.45, 7) is 7.46. The van der Waals surface area contributed by atoms with E-state index in [4.69, 9.17) is 11.6 Å². The van der Waals surface area contributed by atoms with Crippen LogP contribution in [0, 0.1) is 24.7 Å². The van der Waals surface area contributed by atoms with Crippen LogP contribution in [0.1, 0.15) is 29.9 Å². The number of hydrogen-bond donors (Lipinski definition) is 1. The molecule has 0 bridgehead atoms. The minimum absolute atomic E-state index is 0.0510. The molecule has 144 valence electrons. The fourth-order valence-electron chi connectivity index (χ4n) is 4.84. The van der Waals surface area contributed by atoms with Crippen LogP contribution in [0.3, 0.4) is 0 Å². The van der Waals surface area contributed by atoms with E-state index in [1.807, 2.05) is 11.8 Å². The fourth-order valence-corrected chi connectivity index (χ4v) is 5.03. The molecule has 0 radical (unpaired) electrons. The van der Waals surface area contributed by atoms with Gasteiger partial charge in [0.15, 0.2) is 0 Å². The maximum absolute atomic E-state index is 12.8. The second kappa shape index (κ2) is 6.55. The van der Waals surface area contributed by atoms with Crippen LogP contribution in [0.25, 0.3) is 0 Å². The highest BCUT2D eigenvalue weighted by Gasteiger charge is 2.58. The molecular formula is C21H25ClN2O3. The fraction of sp³-hybridized carbons (Fsp3) is 0.524. The first-order valence-electron chi connectivity index (χ1n) is 9.42. The zero-order valence-electron chi connectivity index (χ0n) is 15.7. The molecule has 1 aliphatic heterocycles. The lowest BCUT2D eigenvalue weighted by atomic mass is 9.67. The maximum Gasteiger partial charge on any atom is 0.407 e. The second-order valence-electron chi connectivity index (χ2n) is 8.19. The lowest BCUT2D eigenvalue weighted by Gasteiger charge is -2.46. The van der Waals surface area contributed by atoms with Gasteiger partial charge in [0.2, 0.25) is 5.91 Å². The van der Waals surface area contributed by atoms with E-state index in [1.54, 1.807) is 6.08 Å². The molecule has 0 aromatic heterocycles. The first-order chi connectivity index (χ1) is 12.9. The summed E-state index contributed by atoms with van der Waals surface area (Å²) in [6.07, 6.45) is 2.41. The molecule has 1 heterocycles. The molecule has 3 aliphatic rings. The minimum atomic E-state index is -0.517. The highest BCUT2D eigenvalue weighted by Crippen LogP contribution is 2.59. The molecule has 1 saturated heterocycles. The average molecular weight is 389 g/mol. The summed E-state index contributed by atoms with van der Waals surface area (Å²) in [5.74, 6) is 1.77. The minimum Gasteiger partial charge on any atom is -0.453 e. The van der Waals surface area contributed by atoms with Crippen molar-refractivity contribution in [3.8, 4) is 0 Å². The zero-order chi connectivity index (χ0) is 19.3. The molecule has 2 amide bonds. The van der Waals surface area contributed by atoms with Gasteiger partial charge in [-0.25, -0.2) is 4.79 Å². The van der Waals surface area contributed by atoms with E-state index in [0.717, 1.165) is 23.7 Å². The van der Waals surface area contributed by atoms with Gasteiger partial charge in [0.05, 0.1) is 12.6 Å². The number of hydrogen-bond acceptors (Lipinski definition) is 3. The molecule has 1 N–H and O–H groups in total. The Kier molecular flexibility index (Phi) is 4.46. The molecular weight excluding hydrogens is 364 g/mol. The molecule has 0 unspecified atom stereocenters. The van der Waals surface area contributed by atoms with Crippen molar-refractivity contribution in [1.82, 2.24) is 10.2 Å². The predicted octanol–water partition coefficient (Wildman–Crippen LogP) is 3.51. The normalized spacial score (nSPS) is 33.7. The van der Waals surface area contributed by atoms with Crippen LogP contribution in [-0.4, -0.2) is 42.6 Å². The molecule has 4 rings (SSSR count). The van der Waals surface area contributed by atoms with Gasteiger partial charge in [-0.3, -0.25) is 4.79 Å². The third kappa shape index (κ3) is 3.12. The predicted molar refractivity (Wildman–Crippen MR) is 104 cm³/mol. The molecule has 2 saturated carbocycles. The Hall–Kier alpha value is -2.01. The smallest absolute Gasteiger partial charge is 0.407 e. The Balaban J connectivity index is 1.32. The number of rotatable bonds is 4. The van der Waals surface area contributed by atoms with Gasteiger partial charge >= 0.3 is 6.09 Å². The standard InChI is InChI=1S/C21H25ClN2O3/c1-4-21(23-20(26)27-3)8-14(9-21)19(25)24-10-15-16(11-24)18(15)13-6-5-12(2)17(22)7-13/h4-7,14-16,18H,1,8-11H2,2-3H3,(H,23,26)/t14-,15-,16+,18+,21+. The maximum atomic E-state index is 12.8. The number of aryl methyl sites for hydroxylation is 1. The van der Waals surface area contributed by atoms with Crippen molar-refractivity contribution in [2.75, 3.05) is 20.2 Å². The number of carbonyl (C=O) groups excluding carboxylic acids is 2. The van der Waals surface area contributed by atoms with Gasteiger partial charge in [0.25, 0.3) is 0 Å². The Morgan fingerprint density at radius 3 is 2.56 bits per heavy atom. The molecule has 1 aromatic rings. The monoisotopic (exact) mass is 388 g/mol. The number of amides is 2. The number of likely N-dealkylation sites (tertiary alicyclic amines) is 1. The summed E-state index contributed by atoms with van der Waals surface area (Å²) in [6, 6.07) is 6.32. The van der Waals surface area contributed by atoms with Gasteiger partial charge in [-0.1, -0.05) is 29.8 Å². The van der Waals surface area contributed by atoms with Gasteiger partial charge in [-0.05, 0) is 54.7 Å². The molecule has 3 fully saturated rings. The number of piperidine rings is 1. The van der Waals surface area contributed by atoms with Crippen molar-refractivity contribution in [2.24, 2.45) is 17.8 Å². The van der Waals surface area contributed by atoms with Crippen molar-refractivity contribution in [3.05, 3.63) is 47.0 Å². The van der Waals surface area contributed by atoms with Crippen LogP contribution >= 0.6 is 11.6 Å².